The number of benzene rings is 1. The summed E-state index contributed by atoms with van der Waals surface area (Å²) in [6.07, 6.45) is 2.06. The van der Waals surface area contributed by atoms with Gasteiger partial charge in [0.05, 0.1) is 5.52 Å². The summed E-state index contributed by atoms with van der Waals surface area (Å²) in [5.41, 5.74) is 7.92. The highest BCUT2D eigenvalue weighted by Crippen LogP contribution is 2.39. The summed E-state index contributed by atoms with van der Waals surface area (Å²) in [6, 6.07) is 10.5. The van der Waals surface area contributed by atoms with E-state index in [2.05, 4.69) is 17.1 Å². The van der Waals surface area contributed by atoms with E-state index in [0.717, 1.165) is 29.3 Å². The molecule has 0 bridgehead atoms. The van der Waals surface area contributed by atoms with Crippen LogP contribution in [0.4, 0.5) is 0 Å². The molecule has 1 aromatic heterocycles. The Morgan fingerprint density at radius 3 is 2.75 bits per heavy atom. The van der Waals surface area contributed by atoms with Crippen LogP contribution in [0.3, 0.4) is 0 Å². The number of para-hydroxylation sites is 1. The summed E-state index contributed by atoms with van der Waals surface area (Å²) < 4.78 is 0. The standard InChI is InChI=1S/C13H13ClN2/c14-13-11(9-5-10(15)6-9)7-8-3-1-2-4-12(8)16-13/h1-4,7,9-10H,5-6,15H2. The molecule has 16 heavy (non-hydrogen) atoms. The molecular weight excluding hydrogens is 220 g/mol. The van der Waals surface area contributed by atoms with Gasteiger partial charge < -0.3 is 5.73 Å². The molecule has 1 heterocycles. The van der Waals surface area contributed by atoms with Crippen LogP contribution in [0.5, 0.6) is 0 Å². The van der Waals surface area contributed by atoms with Crippen LogP contribution in [-0.4, -0.2) is 11.0 Å². The minimum atomic E-state index is 0.340. The van der Waals surface area contributed by atoms with Crippen molar-refractivity contribution in [3.63, 3.8) is 0 Å². The molecule has 1 aromatic carbocycles. The summed E-state index contributed by atoms with van der Waals surface area (Å²) in [4.78, 5) is 4.43. The zero-order valence-corrected chi connectivity index (χ0v) is 9.61. The molecule has 2 N–H and O–H groups in total. The first-order valence-electron chi connectivity index (χ1n) is 5.55. The maximum absolute atomic E-state index is 6.21. The Bertz CT molecular complexity index is 532. The molecule has 2 nitrogen and oxygen atoms in total. The molecule has 0 saturated heterocycles. The number of nitrogens with zero attached hydrogens (tertiary/aromatic N) is 1. The lowest BCUT2D eigenvalue weighted by Crippen LogP contribution is -2.34. The highest BCUT2D eigenvalue weighted by atomic mass is 35.5. The summed E-state index contributed by atoms with van der Waals surface area (Å²) in [6.45, 7) is 0. The number of halogens is 1. The van der Waals surface area contributed by atoms with Gasteiger partial charge in [-0.2, -0.15) is 0 Å². The molecular formula is C13H13ClN2. The Morgan fingerprint density at radius 2 is 2.00 bits per heavy atom. The van der Waals surface area contributed by atoms with E-state index in [0.29, 0.717) is 17.1 Å². The van der Waals surface area contributed by atoms with Crippen LogP contribution >= 0.6 is 11.6 Å². The van der Waals surface area contributed by atoms with Gasteiger partial charge in [-0.15, -0.1) is 0 Å². The van der Waals surface area contributed by atoms with Crippen molar-refractivity contribution in [2.24, 2.45) is 5.73 Å². The number of rotatable bonds is 1. The molecule has 2 aromatic rings. The second kappa shape index (κ2) is 3.72. The van der Waals surface area contributed by atoms with Gasteiger partial charge in [0.25, 0.3) is 0 Å². The molecule has 1 aliphatic carbocycles. The molecule has 0 atom stereocenters. The summed E-state index contributed by atoms with van der Waals surface area (Å²) in [5.74, 6) is 0.500. The van der Waals surface area contributed by atoms with E-state index in [1.54, 1.807) is 0 Å². The summed E-state index contributed by atoms with van der Waals surface area (Å²) in [5, 5.41) is 1.79. The Hall–Kier alpha value is -1.12. The lowest BCUT2D eigenvalue weighted by atomic mass is 9.76. The van der Waals surface area contributed by atoms with Gasteiger partial charge in [-0.3, -0.25) is 0 Å². The quantitative estimate of drug-likeness (QED) is 0.768. The fraction of sp³-hybridized carbons (Fsp3) is 0.308. The van der Waals surface area contributed by atoms with Crippen LogP contribution in [-0.2, 0) is 0 Å². The lowest BCUT2D eigenvalue weighted by Gasteiger charge is -2.33. The molecule has 0 spiro atoms. The maximum Gasteiger partial charge on any atom is 0.133 e. The highest BCUT2D eigenvalue weighted by molar-refractivity contribution is 6.30. The van der Waals surface area contributed by atoms with Gasteiger partial charge in [0.1, 0.15) is 5.15 Å². The predicted octanol–water partition coefficient (Wildman–Crippen LogP) is 3.09. The Morgan fingerprint density at radius 1 is 1.25 bits per heavy atom. The lowest BCUT2D eigenvalue weighted by molar-refractivity contribution is 0.351. The summed E-state index contributed by atoms with van der Waals surface area (Å²) in [7, 11) is 0. The molecule has 3 rings (SSSR count). The number of hydrogen-bond acceptors (Lipinski definition) is 2. The van der Waals surface area contributed by atoms with E-state index in [1.807, 2.05) is 18.2 Å². The van der Waals surface area contributed by atoms with Crippen molar-refractivity contribution in [2.75, 3.05) is 0 Å². The van der Waals surface area contributed by atoms with Crippen molar-refractivity contribution in [1.82, 2.24) is 4.98 Å². The van der Waals surface area contributed by atoms with Crippen LogP contribution < -0.4 is 5.73 Å². The topological polar surface area (TPSA) is 38.9 Å². The average molecular weight is 233 g/mol. The van der Waals surface area contributed by atoms with Crippen LogP contribution in [0.15, 0.2) is 30.3 Å². The molecule has 3 heteroatoms. The van der Waals surface area contributed by atoms with E-state index >= 15 is 0 Å². The molecule has 1 aliphatic rings. The van der Waals surface area contributed by atoms with Gasteiger partial charge in [-0.25, -0.2) is 4.98 Å². The van der Waals surface area contributed by atoms with Crippen LogP contribution in [0.2, 0.25) is 5.15 Å². The zero-order valence-electron chi connectivity index (χ0n) is 8.86. The first-order chi connectivity index (χ1) is 7.74. The third-order valence-electron chi connectivity index (χ3n) is 3.32. The monoisotopic (exact) mass is 232 g/mol. The fourth-order valence-electron chi connectivity index (χ4n) is 2.31. The average Bonchev–Trinajstić information content (AvgIpc) is 2.24. The van der Waals surface area contributed by atoms with Gasteiger partial charge in [0.2, 0.25) is 0 Å². The number of fused-ring (bicyclic) bond motifs is 1. The third-order valence-corrected chi connectivity index (χ3v) is 3.62. The Balaban J connectivity index is 2.08. The van der Waals surface area contributed by atoms with Crippen LogP contribution in [0, 0.1) is 0 Å². The SMILES string of the molecule is NC1CC(c2cc3ccccc3nc2Cl)C1. The van der Waals surface area contributed by atoms with Crippen molar-refractivity contribution in [3.05, 3.63) is 41.0 Å². The van der Waals surface area contributed by atoms with E-state index in [4.69, 9.17) is 17.3 Å². The minimum Gasteiger partial charge on any atom is -0.328 e. The number of aromatic nitrogens is 1. The first kappa shape index (κ1) is 10.1. The number of pyridine rings is 1. The van der Waals surface area contributed by atoms with Gasteiger partial charge in [-0.05, 0) is 36.5 Å². The van der Waals surface area contributed by atoms with Crippen LogP contribution in [0.1, 0.15) is 24.3 Å². The van der Waals surface area contributed by atoms with Crippen molar-refractivity contribution in [1.29, 1.82) is 0 Å². The van der Waals surface area contributed by atoms with Crippen molar-refractivity contribution >= 4 is 22.5 Å². The van der Waals surface area contributed by atoms with Gasteiger partial charge in [0, 0.05) is 11.4 Å². The molecule has 0 unspecified atom stereocenters. The second-order valence-electron chi connectivity index (χ2n) is 4.49. The molecule has 0 radical (unpaired) electrons. The van der Waals surface area contributed by atoms with Crippen molar-refractivity contribution in [2.45, 2.75) is 24.8 Å². The predicted molar refractivity (Wildman–Crippen MR) is 66.7 cm³/mol. The smallest absolute Gasteiger partial charge is 0.133 e. The molecule has 0 amide bonds. The third kappa shape index (κ3) is 1.58. The minimum absolute atomic E-state index is 0.340. The van der Waals surface area contributed by atoms with E-state index in [1.165, 1.54) is 0 Å². The molecule has 1 saturated carbocycles. The number of nitrogens with two attached hydrogens (primary N) is 1. The van der Waals surface area contributed by atoms with Crippen molar-refractivity contribution in [3.8, 4) is 0 Å². The largest absolute Gasteiger partial charge is 0.328 e. The van der Waals surface area contributed by atoms with E-state index in [9.17, 15) is 0 Å². The van der Waals surface area contributed by atoms with E-state index in [-0.39, 0.29) is 0 Å². The Labute approximate surface area is 99.4 Å². The second-order valence-corrected chi connectivity index (χ2v) is 4.85. The van der Waals surface area contributed by atoms with Crippen LogP contribution in [0.25, 0.3) is 10.9 Å². The molecule has 1 fully saturated rings. The highest BCUT2D eigenvalue weighted by Gasteiger charge is 2.29. The normalized spacial score (nSPS) is 24.4. The zero-order chi connectivity index (χ0) is 11.1. The maximum atomic E-state index is 6.21. The van der Waals surface area contributed by atoms with Crippen molar-refractivity contribution < 1.29 is 0 Å². The van der Waals surface area contributed by atoms with Gasteiger partial charge >= 0.3 is 0 Å². The summed E-state index contributed by atoms with van der Waals surface area (Å²) >= 11 is 6.21. The molecule has 0 aliphatic heterocycles. The van der Waals surface area contributed by atoms with Gasteiger partial charge in [0.15, 0.2) is 0 Å². The first-order valence-corrected chi connectivity index (χ1v) is 5.92. The Kier molecular flexibility index (Phi) is 2.34. The number of hydrogen-bond donors (Lipinski definition) is 1. The van der Waals surface area contributed by atoms with E-state index < -0.39 is 0 Å². The molecule has 82 valence electrons. The van der Waals surface area contributed by atoms with Gasteiger partial charge in [-0.1, -0.05) is 29.8 Å². The fourth-order valence-corrected chi connectivity index (χ4v) is 2.61.